The number of thiophene rings is 1. The molecule has 0 aliphatic rings. The lowest BCUT2D eigenvalue weighted by atomic mass is 10.1. The van der Waals surface area contributed by atoms with Crippen molar-refractivity contribution >= 4 is 11.3 Å². The Morgan fingerprint density at radius 3 is 2.17 bits per heavy atom. The highest BCUT2D eigenvalue weighted by molar-refractivity contribution is 7.12. The molecule has 0 saturated carbocycles. The standard InChI is InChI=1S/C13H11F3OS/c1-6-3-12(18-7(6)2)13(17)8-4-10(15)11(16)5-9(8)14/h3-5,13,17H,1-2H3. The summed E-state index contributed by atoms with van der Waals surface area (Å²) in [6, 6.07) is 2.85. The van der Waals surface area contributed by atoms with Crippen LogP contribution >= 0.6 is 11.3 Å². The number of hydrogen-bond acceptors (Lipinski definition) is 2. The molecule has 0 spiro atoms. The van der Waals surface area contributed by atoms with Crippen LogP contribution in [-0.2, 0) is 0 Å². The molecule has 1 aromatic heterocycles. The van der Waals surface area contributed by atoms with Gasteiger partial charge in [0.05, 0.1) is 0 Å². The molecule has 5 heteroatoms. The highest BCUT2D eigenvalue weighted by Gasteiger charge is 2.20. The topological polar surface area (TPSA) is 20.2 Å². The van der Waals surface area contributed by atoms with Crippen LogP contribution < -0.4 is 0 Å². The smallest absolute Gasteiger partial charge is 0.161 e. The van der Waals surface area contributed by atoms with E-state index in [-0.39, 0.29) is 5.56 Å². The number of aliphatic hydroxyl groups excluding tert-OH is 1. The zero-order valence-corrected chi connectivity index (χ0v) is 10.6. The summed E-state index contributed by atoms with van der Waals surface area (Å²) in [4.78, 5) is 1.50. The number of benzene rings is 1. The van der Waals surface area contributed by atoms with E-state index in [2.05, 4.69) is 0 Å². The van der Waals surface area contributed by atoms with E-state index in [0.29, 0.717) is 17.0 Å². The number of halogens is 3. The molecule has 96 valence electrons. The van der Waals surface area contributed by atoms with Crippen molar-refractivity contribution in [3.8, 4) is 0 Å². The van der Waals surface area contributed by atoms with E-state index in [1.165, 1.54) is 11.3 Å². The minimum Gasteiger partial charge on any atom is -0.383 e. The molecule has 0 fully saturated rings. The Morgan fingerprint density at radius 2 is 1.61 bits per heavy atom. The number of hydrogen-bond donors (Lipinski definition) is 1. The van der Waals surface area contributed by atoms with E-state index < -0.39 is 23.6 Å². The van der Waals surface area contributed by atoms with Crippen molar-refractivity contribution in [2.24, 2.45) is 0 Å². The Morgan fingerprint density at radius 1 is 1.00 bits per heavy atom. The van der Waals surface area contributed by atoms with Gasteiger partial charge in [0, 0.05) is 21.4 Å². The van der Waals surface area contributed by atoms with Crippen molar-refractivity contribution in [1.82, 2.24) is 0 Å². The molecule has 1 N–H and O–H groups in total. The van der Waals surface area contributed by atoms with Gasteiger partial charge in [0.15, 0.2) is 11.6 Å². The lowest BCUT2D eigenvalue weighted by Crippen LogP contribution is -2.03. The summed E-state index contributed by atoms with van der Waals surface area (Å²) in [5, 5.41) is 10.0. The zero-order valence-electron chi connectivity index (χ0n) is 9.80. The van der Waals surface area contributed by atoms with Crippen molar-refractivity contribution in [1.29, 1.82) is 0 Å². The molecule has 1 nitrogen and oxygen atoms in total. The lowest BCUT2D eigenvalue weighted by Gasteiger charge is -2.10. The second-order valence-corrected chi connectivity index (χ2v) is 5.37. The van der Waals surface area contributed by atoms with Crippen molar-refractivity contribution < 1.29 is 18.3 Å². The highest BCUT2D eigenvalue weighted by Crippen LogP contribution is 2.32. The molecule has 1 aromatic carbocycles. The molecule has 1 unspecified atom stereocenters. The Labute approximate surface area is 107 Å². The SMILES string of the molecule is Cc1cc(C(O)c2cc(F)c(F)cc2F)sc1C. The fourth-order valence-electron chi connectivity index (χ4n) is 1.64. The fraction of sp³-hybridized carbons (Fsp3) is 0.231. The number of aliphatic hydroxyl groups is 1. The molecule has 0 amide bonds. The highest BCUT2D eigenvalue weighted by atomic mass is 32.1. The van der Waals surface area contributed by atoms with Crippen molar-refractivity contribution in [2.45, 2.75) is 20.0 Å². The van der Waals surface area contributed by atoms with Crippen LogP contribution in [0.15, 0.2) is 18.2 Å². The summed E-state index contributed by atoms with van der Waals surface area (Å²) < 4.78 is 39.4. The predicted octanol–water partition coefficient (Wildman–Crippen LogP) is 3.86. The van der Waals surface area contributed by atoms with Gasteiger partial charge in [-0.3, -0.25) is 0 Å². The normalized spacial score (nSPS) is 12.8. The summed E-state index contributed by atoms with van der Waals surface area (Å²) >= 11 is 1.30. The minimum absolute atomic E-state index is 0.254. The Bertz CT molecular complexity index is 573. The third-order valence-corrected chi connectivity index (χ3v) is 3.99. The van der Waals surface area contributed by atoms with Crippen molar-refractivity contribution in [3.63, 3.8) is 0 Å². The average molecular weight is 272 g/mol. The summed E-state index contributed by atoms with van der Waals surface area (Å²) in [7, 11) is 0. The van der Waals surface area contributed by atoms with E-state index >= 15 is 0 Å². The van der Waals surface area contributed by atoms with Crippen LogP contribution in [0.3, 0.4) is 0 Å². The van der Waals surface area contributed by atoms with Gasteiger partial charge in [0.2, 0.25) is 0 Å². The van der Waals surface area contributed by atoms with E-state index in [4.69, 9.17) is 0 Å². The van der Waals surface area contributed by atoms with Crippen LogP contribution in [0.1, 0.15) is 27.0 Å². The van der Waals surface area contributed by atoms with E-state index in [1.54, 1.807) is 6.07 Å². The zero-order chi connectivity index (χ0) is 13.4. The Balaban J connectivity index is 2.45. The largest absolute Gasteiger partial charge is 0.383 e. The summed E-state index contributed by atoms with van der Waals surface area (Å²) in [6.07, 6.45) is -1.28. The van der Waals surface area contributed by atoms with Crippen LogP contribution in [0.25, 0.3) is 0 Å². The van der Waals surface area contributed by atoms with E-state index in [1.807, 2.05) is 13.8 Å². The first-order valence-electron chi connectivity index (χ1n) is 5.29. The molecular formula is C13H11F3OS. The molecule has 18 heavy (non-hydrogen) atoms. The van der Waals surface area contributed by atoms with Crippen LogP contribution in [-0.4, -0.2) is 5.11 Å². The maximum absolute atomic E-state index is 13.5. The third kappa shape index (κ3) is 2.28. The maximum Gasteiger partial charge on any atom is 0.161 e. The van der Waals surface area contributed by atoms with Gasteiger partial charge >= 0.3 is 0 Å². The van der Waals surface area contributed by atoms with Gasteiger partial charge in [0.1, 0.15) is 11.9 Å². The lowest BCUT2D eigenvalue weighted by molar-refractivity contribution is 0.217. The predicted molar refractivity (Wildman–Crippen MR) is 64.2 cm³/mol. The van der Waals surface area contributed by atoms with Crippen LogP contribution in [0.5, 0.6) is 0 Å². The molecule has 1 atom stereocenters. The second-order valence-electron chi connectivity index (χ2n) is 4.08. The Kier molecular flexibility index (Phi) is 3.45. The number of aryl methyl sites for hydroxylation is 2. The average Bonchev–Trinajstić information content (AvgIpc) is 2.63. The number of rotatable bonds is 2. The van der Waals surface area contributed by atoms with E-state index in [0.717, 1.165) is 10.4 Å². The third-order valence-electron chi connectivity index (χ3n) is 2.79. The molecule has 2 aromatic rings. The summed E-state index contributed by atoms with van der Waals surface area (Å²) in [5.41, 5.74) is 0.715. The molecular weight excluding hydrogens is 261 g/mol. The Hall–Kier alpha value is -1.33. The van der Waals surface area contributed by atoms with Crippen molar-refractivity contribution in [3.05, 3.63) is 56.5 Å². The van der Waals surface area contributed by atoms with Gasteiger partial charge in [-0.2, -0.15) is 0 Å². The van der Waals surface area contributed by atoms with Crippen molar-refractivity contribution in [2.75, 3.05) is 0 Å². The monoisotopic (exact) mass is 272 g/mol. The summed E-state index contributed by atoms with van der Waals surface area (Å²) in [6.45, 7) is 3.74. The maximum atomic E-state index is 13.5. The molecule has 1 heterocycles. The van der Waals surface area contributed by atoms with Gasteiger partial charge < -0.3 is 5.11 Å². The van der Waals surface area contributed by atoms with Gasteiger partial charge in [-0.25, -0.2) is 13.2 Å². The first-order valence-corrected chi connectivity index (χ1v) is 6.11. The van der Waals surface area contributed by atoms with Gasteiger partial charge in [0.25, 0.3) is 0 Å². The fourth-order valence-corrected chi connectivity index (χ4v) is 2.69. The van der Waals surface area contributed by atoms with Crippen LogP contribution in [0, 0.1) is 31.3 Å². The molecule has 0 radical (unpaired) electrons. The van der Waals surface area contributed by atoms with E-state index in [9.17, 15) is 18.3 Å². The molecule has 0 aliphatic carbocycles. The van der Waals surface area contributed by atoms with Gasteiger partial charge in [-0.1, -0.05) is 0 Å². The molecule has 0 bridgehead atoms. The first-order chi connectivity index (χ1) is 8.40. The second kappa shape index (κ2) is 4.74. The first kappa shape index (κ1) is 13.1. The van der Waals surface area contributed by atoms with Gasteiger partial charge in [-0.05, 0) is 31.5 Å². The minimum atomic E-state index is -1.28. The quantitative estimate of drug-likeness (QED) is 0.823. The molecule has 2 rings (SSSR count). The molecule has 0 saturated heterocycles. The molecule has 0 aliphatic heterocycles. The van der Waals surface area contributed by atoms with Gasteiger partial charge in [-0.15, -0.1) is 11.3 Å². The summed E-state index contributed by atoms with van der Waals surface area (Å²) in [5.74, 6) is -3.39. The van der Waals surface area contributed by atoms with Crippen LogP contribution in [0.2, 0.25) is 0 Å². The van der Waals surface area contributed by atoms with Crippen LogP contribution in [0.4, 0.5) is 13.2 Å².